The van der Waals surface area contributed by atoms with Gasteiger partial charge < -0.3 is 5.73 Å². The Morgan fingerprint density at radius 3 is 3.00 bits per heavy atom. The molecule has 2 N–H and O–H groups in total. The van der Waals surface area contributed by atoms with E-state index in [1.165, 1.54) is 6.42 Å². The predicted octanol–water partition coefficient (Wildman–Crippen LogP) is 1.60. The summed E-state index contributed by atoms with van der Waals surface area (Å²) in [6.07, 6.45) is 3.99. The molecule has 0 spiro atoms. The zero-order chi connectivity index (χ0) is 10.8. The third kappa shape index (κ3) is 2.09. The van der Waals surface area contributed by atoms with Crippen molar-refractivity contribution in [1.82, 2.24) is 15.1 Å². The number of rotatable bonds is 2. The first-order valence-electron chi connectivity index (χ1n) is 5.52. The van der Waals surface area contributed by atoms with Crippen molar-refractivity contribution in [3.63, 3.8) is 0 Å². The first-order chi connectivity index (χ1) is 7.18. The predicted molar refractivity (Wildman–Crippen MR) is 60.3 cm³/mol. The van der Waals surface area contributed by atoms with Crippen LogP contribution < -0.4 is 5.73 Å². The fraction of sp³-hybridized carbons (Fsp3) is 0.636. The number of hydrogen-bond acceptors (Lipinski definition) is 4. The molecule has 1 aliphatic rings. The van der Waals surface area contributed by atoms with Gasteiger partial charge in [0.05, 0.1) is 23.6 Å². The van der Waals surface area contributed by atoms with Crippen molar-refractivity contribution in [2.24, 2.45) is 0 Å². The van der Waals surface area contributed by atoms with Gasteiger partial charge in [0, 0.05) is 6.04 Å². The molecular formula is C11H18N4. The zero-order valence-corrected chi connectivity index (χ0v) is 9.35. The molecule has 0 aliphatic carbocycles. The highest BCUT2D eigenvalue weighted by molar-refractivity contribution is 5.35. The largest absolute Gasteiger partial charge is 0.397 e. The van der Waals surface area contributed by atoms with Gasteiger partial charge in [0.25, 0.3) is 0 Å². The minimum atomic E-state index is 0.404. The summed E-state index contributed by atoms with van der Waals surface area (Å²) >= 11 is 0. The standard InChI is InChI=1S/C11H18N4/c1-8(2)15-5-3-4-11(15)10-6-9(12)7-13-14-10/h6-8,11H,3-5H2,1-2H3,(H2,12,14). The van der Waals surface area contributed by atoms with E-state index in [1.54, 1.807) is 6.20 Å². The first-order valence-corrected chi connectivity index (χ1v) is 5.52. The maximum atomic E-state index is 5.73. The molecule has 1 aromatic rings. The molecule has 0 radical (unpaired) electrons. The number of nitrogens with zero attached hydrogens (tertiary/aromatic N) is 3. The van der Waals surface area contributed by atoms with E-state index in [0.29, 0.717) is 17.8 Å². The molecule has 15 heavy (non-hydrogen) atoms. The smallest absolute Gasteiger partial charge is 0.0823 e. The SMILES string of the molecule is CC(C)N1CCCC1c1cc(N)cnn1. The van der Waals surface area contributed by atoms with Crippen LogP contribution in [-0.2, 0) is 0 Å². The van der Waals surface area contributed by atoms with Crippen molar-refractivity contribution < 1.29 is 0 Å². The average Bonchev–Trinajstić information content (AvgIpc) is 2.65. The quantitative estimate of drug-likeness (QED) is 0.798. The highest BCUT2D eigenvalue weighted by atomic mass is 15.2. The lowest BCUT2D eigenvalue weighted by Crippen LogP contribution is -2.30. The highest BCUT2D eigenvalue weighted by Gasteiger charge is 2.29. The van der Waals surface area contributed by atoms with E-state index < -0.39 is 0 Å². The van der Waals surface area contributed by atoms with Gasteiger partial charge in [-0.15, -0.1) is 0 Å². The number of hydrogen-bond donors (Lipinski definition) is 1. The molecular weight excluding hydrogens is 188 g/mol. The van der Waals surface area contributed by atoms with Crippen LogP contribution in [0, 0.1) is 0 Å². The molecule has 1 saturated heterocycles. The van der Waals surface area contributed by atoms with E-state index in [0.717, 1.165) is 18.7 Å². The molecule has 0 aromatic carbocycles. The van der Waals surface area contributed by atoms with Gasteiger partial charge in [0.1, 0.15) is 0 Å². The molecule has 0 amide bonds. The molecule has 2 rings (SSSR count). The van der Waals surface area contributed by atoms with Crippen LogP contribution in [0.2, 0.25) is 0 Å². The number of aromatic nitrogens is 2. The third-order valence-electron chi connectivity index (χ3n) is 2.99. The Balaban J connectivity index is 2.22. The van der Waals surface area contributed by atoms with Gasteiger partial charge in [0.15, 0.2) is 0 Å². The lowest BCUT2D eigenvalue weighted by molar-refractivity contribution is 0.201. The zero-order valence-electron chi connectivity index (χ0n) is 9.35. The molecule has 1 atom stereocenters. The number of anilines is 1. The summed E-state index contributed by atoms with van der Waals surface area (Å²) in [5.41, 5.74) is 7.45. The number of nitrogen functional groups attached to an aromatic ring is 1. The lowest BCUT2D eigenvalue weighted by atomic mass is 10.1. The van der Waals surface area contributed by atoms with Crippen LogP contribution in [0.15, 0.2) is 12.3 Å². The van der Waals surface area contributed by atoms with Crippen molar-refractivity contribution >= 4 is 5.69 Å². The maximum absolute atomic E-state index is 5.73. The highest BCUT2D eigenvalue weighted by Crippen LogP contribution is 2.32. The Morgan fingerprint density at radius 2 is 2.33 bits per heavy atom. The minimum Gasteiger partial charge on any atom is -0.397 e. The molecule has 1 aliphatic heterocycles. The van der Waals surface area contributed by atoms with Gasteiger partial charge in [-0.1, -0.05) is 0 Å². The van der Waals surface area contributed by atoms with Crippen LogP contribution in [0.4, 0.5) is 5.69 Å². The van der Waals surface area contributed by atoms with E-state index in [4.69, 9.17) is 5.73 Å². The Kier molecular flexibility index (Phi) is 2.86. The van der Waals surface area contributed by atoms with Gasteiger partial charge in [-0.3, -0.25) is 4.90 Å². The van der Waals surface area contributed by atoms with Crippen LogP contribution in [-0.4, -0.2) is 27.7 Å². The third-order valence-corrected chi connectivity index (χ3v) is 2.99. The molecule has 0 bridgehead atoms. The molecule has 1 aromatic heterocycles. The van der Waals surface area contributed by atoms with Crippen molar-refractivity contribution in [1.29, 1.82) is 0 Å². The normalized spacial score (nSPS) is 22.5. The minimum absolute atomic E-state index is 0.404. The van der Waals surface area contributed by atoms with Crippen molar-refractivity contribution in [2.75, 3.05) is 12.3 Å². The second-order valence-corrected chi connectivity index (χ2v) is 4.40. The Morgan fingerprint density at radius 1 is 1.53 bits per heavy atom. The molecule has 82 valence electrons. The molecule has 4 nitrogen and oxygen atoms in total. The molecule has 2 heterocycles. The summed E-state index contributed by atoms with van der Waals surface area (Å²) in [4.78, 5) is 2.46. The van der Waals surface area contributed by atoms with Crippen LogP contribution in [0.25, 0.3) is 0 Å². The number of nitrogens with two attached hydrogens (primary N) is 1. The Labute approximate surface area is 90.5 Å². The summed E-state index contributed by atoms with van der Waals surface area (Å²) < 4.78 is 0. The van der Waals surface area contributed by atoms with Crippen LogP contribution in [0.5, 0.6) is 0 Å². The van der Waals surface area contributed by atoms with Gasteiger partial charge in [-0.2, -0.15) is 10.2 Å². The fourth-order valence-electron chi connectivity index (χ4n) is 2.29. The number of likely N-dealkylation sites (tertiary alicyclic amines) is 1. The second kappa shape index (κ2) is 4.14. The monoisotopic (exact) mass is 206 g/mol. The van der Waals surface area contributed by atoms with Gasteiger partial charge in [0.2, 0.25) is 0 Å². The van der Waals surface area contributed by atoms with Gasteiger partial charge >= 0.3 is 0 Å². The topological polar surface area (TPSA) is 55.0 Å². The fourth-order valence-corrected chi connectivity index (χ4v) is 2.29. The molecule has 1 fully saturated rings. The van der Waals surface area contributed by atoms with E-state index >= 15 is 0 Å². The van der Waals surface area contributed by atoms with Crippen molar-refractivity contribution in [2.45, 2.75) is 38.8 Å². The van der Waals surface area contributed by atoms with E-state index in [2.05, 4.69) is 28.9 Å². The van der Waals surface area contributed by atoms with Crippen molar-refractivity contribution in [3.8, 4) is 0 Å². The summed E-state index contributed by atoms with van der Waals surface area (Å²) in [6, 6.07) is 2.90. The van der Waals surface area contributed by atoms with Crippen molar-refractivity contribution in [3.05, 3.63) is 18.0 Å². The first kappa shape index (κ1) is 10.4. The lowest BCUT2D eigenvalue weighted by Gasteiger charge is -2.27. The van der Waals surface area contributed by atoms with E-state index in [1.807, 2.05) is 6.07 Å². The Bertz CT molecular complexity index is 337. The van der Waals surface area contributed by atoms with Crippen LogP contribution >= 0.6 is 0 Å². The molecule has 4 heteroatoms. The molecule has 0 saturated carbocycles. The maximum Gasteiger partial charge on any atom is 0.0823 e. The summed E-state index contributed by atoms with van der Waals surface area (Å²) in [5.74, 6) is 0. The second-order valence-electron chi connectivity index (χ2n) is 4.40. The summed E-state index contributed by atoms with van der Waals surface area (Å²) in [7, 11) is 0. The summed E-state index contributed by atoms with van der Waals surface area (Å²) in [5, 5.41) is 8.10. The van der Waals surface area contributed by atoms with Crippen LogP contribution in [0.1, 0.15) is 38.4 Å². The van der Waals surface area contributed by atoms with Crippen LogP contribution in [0.3, 0.4) is 0 Å². The Hall–Kier alpha value is -1.16. The van der Waals surface area contributed by atoms with Gasteiger partial charge in [-0.05, 0) is 39.3 Å². The van der Waals surface area contributed by atoms with E-state index in [-0.39, 0.29) is 0 Å². The van der Waals surface area contributed by atoms with E-state index in [9.17, 15) is 0 Å². The molecule has 1 unspecified atom stereocenters. The van der Waals surface area contributed by atoms with Gasteiger partial charge in [-0.25, -0.2) is 0 Å². The summed E-state index contributed by atoms with van der Waals surface area (Å²) in [6.45, 7) is 5.59. The average molecular weight is 206 g/mol.